The van der Waals surface area contributed by atoms with Crippen LogP contribution in [0.1, 0.15) is 26.2 Å². The maximum absolute atomic E-state index is 11.9. The van der Waals surface area contributed by atoms with Gasteiger partial charge in [-0.15, -0.1) is 0 Å². The third-order valence-corrected chi connectivity index (χ3v) is 3.69. The quantitative estimate of drug-likeness (QED) is 0.803. The van der Waals surface area contributed by atoms with E-state index < -0.39 is 11.9 Å². The highest BCUT2D eigenvalue weighted by Gasteiger charge is 2.33. The average Bonchev–Trinajstić information content (AvgIpc) is 2.95. The number of carbonyl (C=O) groups is 2. The Balaban J connectivity index is 1.87. The molecule has 1 aliphatic carbocycles. The van der Waals surface area contributed by atoms with Gasteiger partial charge in [0, 0.05) is 6.04 Å². The second-order valence-electron chi connectivity index (χ2n) is 5.22. The van der Waals surface area contributed by atoms with Crippen LogP contribution in [-0.2, 0) is 9.59 Å². The molecule has 0 spiro atoms. The van der Waals surface area contributed by atoms with Gasteiger partial charge in [-0.1, -0.05) is 18.6 Å². The lowest BCUT2D eigenvalue weighted by Gasteiger charge is -2.18. The molecule has 0 aliphatic heterocycles. The highest BCUT2D eigenvalue weighted by atomic mass is 16.5. The van der Waals surface area contributed by atoms with Crippen LogP contribution >= 0.6 is 0 Å². The number of para-hydroxylation sites is 2. The fourth-order valence-corrected chi connectivity index (χ4v) is 2.66. The van der Waals surface area contributed by atoms with E-state index in [1.54, 1.807) is 18.2 Å². The van der Waals surface area contributed by atoms with Crippen LogP contribution in [0, 0.1) is 5.92 Å². The summed E-state index contributed by atoms with van der Waals surface area (Å²) in [5.74, 6) is -0.586. The summed E-state index contributed by atoms with van der Waals surface area (Å²) in [5.41, 5.74) is 0. The zero-order valence-corrected chi connectivity index (χ0v) is 12.6. The lowest BCUT2D eigenvalue weighted by molar-refractivity contribution is -0.142. The van der Waals surface area contributed by atoms with Gasteiger partial charge in [-0.05, 0) is 31.9 Å². The SMILES string of the molecule is CCOc1ccccc1OCC(=O)N[C@@H]1CCC[C@@H]1C(=O)O. The number of aliphatic carboxylic acids is 1. The number of benzene rings is 1. The number of ether oxygens (including phenoxy) is 2. The third kappa shape index (κ3) is 4.13. The standard InChI is InChI=1S/C16H21NO5/c1-2-21-13-8-3-4-9-14(13)22-10-15(18)17-12-7-5-6-11(12)16(19)20/h3-4,8-9,11-12H,2,5-7,10H2,1H3,(H,17,18)(H,19,20)/t11-,12+/m0/s1. The first-order valence-corrected chi connectivity index (χ1v) is 7.48. The molecule has 0 saturated heterocycles. The maximum atomic E-state index is 11.9. The zero-order valence-electron chi connectivity index (χ0n) is 12.6. The number of rotatable bonds is 7. The summed E-state index contributed by atoms with van der Waals surface area (Å²) in [6.07, 6.45) is 2.11. The predicted octanol–water partition coefficient (Wildman–Crippen LogP) is 1.83. The lowest BCUT2D eigenvalue weighted by Crippen LogP contribution is -2.42. The molecule has 120 valence electrons. The molecule has 0 heterocycles. The molecule has 0 radical (unpaired) electrons. The number of carboxylic acid groups (broad SMARTS) is 1. The van der Waals surface area contributed by atoms with Crippen molar-refractivity contribution in [2.45, 2.75) is 32.2 Å². The van der Waals surface area contributed by atoms with Gasteiger partial charge >= 0.3 is 5.97 Å². The molecule has 6 nitrogen and oxygen atoms in total. The molecule has 1 fully saturated rings. The summed E-state index contributed by atoms with van der Waals surface area (Å²) in [6.45, 7) is 2.22. The van der Waals surface area contributed by atoms with E-state index >= 15 is 0 Å². The summed E-state index contributed by atoms with van der Waals surface area (Å²) in [6, 6.07) is 6.82. The Kier molecular flexibility index (Phi) is 5.63. The van der Waals surface area contributed by atoms with Crippen LogP contribution in [0.4, 0.5) is 0 Å². The minimum atomic E-state index is -0.856. The molecule has 6 heteroatoms. The van der Waals surface area contributed by atoms with Crippen molar-refractivity contribution in [1.29, 1.82) is 0 Å². The van der Waals surface area contributed by atoms with Gasteiger partial charge in [-0.3, -0.25) is 9.59 Å². The Hall–Kier alpha value is -2.24. The highest BCUT2D eigenvalue weighted by Crippen LogP contribution is 2.27. The summed E-state index contributed by atoms with van der Waals surface area (Å²) >= 11 is 0. The number of hydrogen-bond acceptors (Lipinski definition) is 4. The van der Waals surface area contributed by atoms with E-state index in [0.717, 1.165) is 6.42 Å². The van der Waals surface area contributed by atoms with E-state index in [-0.39, 0.29) is 18.6 Å². The molecule has 0 bridgehead atoms. The van der Waals surface area contributed by atoms with Crippen LogP contribution in [0.25, 0.3) is 0 Å². The smallest absolute Gasteiger partial charge is 0.308 e. The topological polar surface area (TPSA) is 84.9 Å². The van der Waals surface area contributed by atoms with Gasteiger partial charge in [0.15, 0.2) is 18.1 Å². The summed E-state index contributed by atoms with van der Waals surface area (Å²) in [4.78, 5) is 23.0. The fourth-order valence-electron chi connectivity index (χ4n) is 2.66. The van der Waals surface area contributed by atoms with Crippen LogP contribution in [0.3, 0.4) is 0 Å². The van der Waals surface area contributed by atoms with Gasteiger partial charge in [0.05, 0.1) is 12.5 Å². The maximum Gasteiger partial charge on any atom is 0.308 e. The molecule has 1 amide bonds. The van der Waals surface area contributed by atoms with Crippen LogP contribution in [0.5, 0.6) is 11.5 Å². The molecule has 0 aromatic heterocycles. The van der Waals surface area contributed by atoms with E-state index in [1.165, 1.54) is 0 Å². The molecular formula is C16H21NO5. The largest absolute Gasteiger partial charge is 0.490 e. The molecule has 2 atom stereocenters. The van der Waals surface area contributed by atoms with Crippen LogP contribution in [0.15, 0.2) is 24.3 Å². The van der Waals surface area contributed by atoms with E-state index in [2.05, 4.69) is 5.32 Å². The summed E-state index contributed by atoms with van der Waals surface area (Å²) < 4.78 is 10.9. The van der Waals surface area contributed by atoms with Crippen molar-refractivity contribution in [2.24, 2.45) is 5.92 Å². The number of carbonyl (C=O) groups excluding carboxylic acids is 1. The number of carboxylic acids is 1. The fraction of sp³-hybridized carbons (Fsp3) is 0.500. The van der Waals surface area contributed by atoms with Gasteiger partial charge in [0.2, 0.25) is 0 Å². The molecule has 2 N–H and O–H groups in total. The Labute approximate surface area is 129 Å². The molecule has 22 heavy (non-hydrogen) atoms. The van der Waals surface area contributed by atoms with Crippen LogP contribution in [0.2, 0.25) is 0 Å². The van der Waals surface area contributed by atoms with Crippen molar-refractivity contribution in [3.63, 3.8) is 0 Å². The normalized spacial score (nSPS) is 20.4. The average molecular weight is 307 g/mol. The third-order valence-electron chi connectivity index (χ3n) is 3.69. The predicted molar refractivity (Wildman–Crippen MR) is 80.0 cm³/mol. The highest BCUT2D eigenvalue weighted by molar-refractivity contribution is 5.79. The second-order valence-corrected chi connectivity index (χ2v) is 5.22. The van der Waals surface area contributed by atoms with Crippen LogP contribution in [-0.4, -0.2) is 36.2 Å². The van der Waals surface area contributed by atoms with Gasteiger partial charge in [-0.25, -0.2) is 0 Å². The molecule has 1 aromatic rings. The van der Waals surface area contributed by atoms with Gasteiger partial charge in [0.1, 0.15) is 0 Å². The Morgan fingerprint density at radius 1 is 1.23 bits per heavy atom. The number of nitrogens with one attached hydrogen (secondary N) is 1. The lowest BCUT2D eigenvalue weighted by atomic mass is 10.0. The van der Waals surface area contributed by atoms with E-state index in [1.807, 2.05) is 13.0 Å². The number of amides is 1. The minimum Gasteiger partial charge on any atom is -0.490 e. The summed E-state index contributed by atoms with van der Waals surface area (Å²) in [5, 5.41) is 11.8. The van der Waals surface area contributed by atoms with Gasteiger partial charge < -0.3 is 19.9 Å². The molecule has 2 rings (SSSR count). The van der Waals surface area contributed by atoms with E-state index in [0.29, 0.717) is 30.9 Å². The van der Waals surface area contributed by atoms with E-state index in [9.17, 15) is 9.59 Å². The van der Waals surface area contributed by atoms with Crippen molar-refractivity contribution in [3.05, 3.63) is 24.3 Å². The molecule has 0 unspecified atom stereocenters. The minimum absolute atomic E-state index is 0.160. The molecular weight excluding hydrogens is 286 g/mol. The number of hydrogen-bond donors (Lipinski definition) is 2. The Bertz CT molecular complexity index is 531. The first-order chi connectivity index (χ1) is 10.6. The molecule has 1 aromatic carbocycles. The summed E-state index contributed by atoms with van der Waals surface area (Å²) in [7, 11) is 0. The van der Waals surface area contributed by atoms with Crippen molar-refractivity contribution >= 4 is 11.9 Å². The first kappa shape index (κ1) is 16.1. The van der Waals surface area contributed by atoms with E-state index in [4.69, 9.17) is 14.6 Å². The molecule has 1 aliphatic rings. The second kappa shape index (κ2) is 7.68. The first-order valence-electron chi connectivity index (χ1n) is 7.48. The van der Waals surface area contributed by atoms with Gasteiger partial charge in [-0.2, -0.15) is 0 Å². The van der Waals surface area contributed by atoms with Crippen molar-refractivity contribution in [3.8, 4) is 11.5 Å². The van der Waals surface area contributed by atoms with Crippen LogP contribution < -0.4 is 14.8 Å². The van der Waals surface area contributed by atoms with Crippen molar-refractivity contribution < 1.29 is 24.2 Å². The van der Waals surface area contributed by atoms with Crippen molar-refractivity contribution in [2.75, 3.05) is 13.2 Å². The Morgan fingerprint density at radius 2 is 1.91 bits per heavy atom. The zero-order chi connectivity index (χ0) is 15.9. The van der Waals surface area contributed by atoms with Gasteiger partial charge in [0.25, 0.3) is 5.91 Å². The van der Waals surface area contributed by atoms with Crippen molar-refractivity contribution in [1.82, 2.24) is 5.32 Å². The monoisotopic (exact) mass is 307 g/mol. The Morgan fingerprint density at radius 3 is 2.55 bits per heavy atom. The molecule has 1 saturated carbocycles.